The van der Waals surface area contributed by atoms with Crippen LogP contribution in [0.2, 0.25) is 0 Å². The molecule has 0 radical (unpaired) electrons. The average Bonchev–Trinajstić information content (AvgIpc) is 2.94. The van der Waals surface area contributed by atoms with Crippen molar-refractivity contribution in [1.82, 2.24) is 10.2 Å². The number of nitrogens with zero attached hydrogens (tertiary/aromatic N) is 1. The molecule has 1 rings (SSSR count). The van der Waals surface area contributed by atoms with Crippen LogP contribution in [0.15, 0.2) is 0 Å². The Balaban J connectivity index is 2.49. The molecule has 0 aromatic heterocycles. The maximum Gasteiger partial charge on any atom is 0.411 e. The van der Waals surface area contributed by atoms with Gasteiger partial charge in [-0.15, -0.1) is 0 Å². The lowest BCUT2D eigenvalue weighted by atomic mass is 10.2. The highest BCUT2D eigenvalue weighted by atomic mass is 19.4. The number of hydrogen-bond acceptors (Lipinski definition) is 3. The number of hydrogen-bond donors (Lipinski definition) is 1. The van der Waals surface area contributed by atoms with Crippen molar-refractivity contribution in [2.45, 2.75) is 50.9 Å². The Labute approximate surface area is 115 Å². The fourth-order valence-corrected chi connectivity index (χ4v) is 1.53. The lowest BCUT2D eigenvalue weighted by Crippen LogP contribution is -2.51. The fourth-order valence-electron chi connectivity index (χ4n) is 1.53. The summed E-state index contributed by atoms with van der Waals surface area (Å²) < 4.78 is 43.0. The van der Waals surface area contributed by atoms with Gasteiger partial charge in [0.05, 0.1) is 0 Å². The summed E-state index contributed by atoms with van der Waals surface area (Å²) in [6, 6.07) is 0. The Hall–Kier alpha value is -1.47. The van der Waals surface area contributed by atoms with Gasteiger partial charge in [-0.1, -0.05) is 0 Å². The number of nitrogens with one attached hydrogen (secondary N) is 1. The van der Waals surface area contributed by atoms with Crippen molar-refractivity contribution in [2.24, 2.45) is 0 Å². The summed E-state index contributed by atoms with van der Waals surface area (Å²) in [5.41, 5.74) is -2.84. The van der Waals surface area contributed by atoms with E-state index in [2.05, 4.69) is 0 Å². The minimum absolute atomic E-state index is 0.127. The van der Waals surface area contributed by atoms with Crippen molar-refractivity contribution in [3.8, 4) is 0 Å². The number of likely N-dealkylation sites (N-methyl/N-ethyl adjacent to an activating group) is 1. The van der Waals surface area contributed by atoms with Gasteiger partial charge in [-0.25, -0.2) is 4.79 Å². The van der Waals surface area contributed by atoms with Crippen molar-refractivity contribution in [2.75, 3.05) is 13.6 Å². The zero-order valence-electron chi connectivity index (χ0n) is 11.9. The molecular formula is C12H19F3N2O3. The lowest BCUT2D eigenvalue weighted by Gasteiger charge is -2.25. The van der Waals surface area contributed by atoms with Crippen LogP contribution in [-0.4, -0.2) is 47.8 Å². The van der Waals surface area contributed by atoms with Gasteiger partial charge in [-0.05, 0) is 33.6 Å². The molecule has 0 unspecified atom stereocenters. The predicted molar refractivity (Wildman–Crippen MR) is 65.0 cm³/mol. The monoisotopic (exact) mass is 296 g/mol. The first-order valence-corrected chi connectivity index (χ1v) is 6.18. The third-order valence-corrected chi connectivity index (χ3v) is 2.76. The van der Waals surface area contributed by atoms with E-state index in [0.717, 1.165) is 4.90 Å². The number of halogens is 3. The molecule has 1 aliphatic rings. The van der Waals surface area contributed by atoms with Crippen LogP contribution in [0.4, 0.5) is 18.0 Å². The molecular weight excluding hydrogens is 277 g/mol. The highest BCUT2D eigenvalue weighted by Crippen LogP contribution is 2.48. The van der Waals surface area contributed by atoms with E-state index in [9.17, 15) is 22.8 Å². The first-order valence-electron chi connectivity index (χ1n) is 6.18. The molecule has 0 saturated heterocycles. The van der Waals surface area contributed by atoms with Crippen LogP contribution in [0, 0.1) is 0 Å². The van der Waals surface area contributed by atoms with Crippen LogP contribution in [0.3, 0.4) is 0 Å². The van der Waals surface area contributed by atoms with Gasteiger partial charge in [0.25, 0.3) is 0 Å². The van der Waals surface area contributed by atoms with E-state index in [-0.39, 0.29) is 12.8 Å². The zero-order chi connectivity index (χ0) is 15.8. The normalized spacial score (nSPS) is 17.4. The smallest absolute Gasteiger partial charge is 0.411 e. The minimum Gasteiger partial charge on any atom is -0.444 e. The summed E-state index contributed by atoms with van der Waals surface area (Å²) in [5.74, 6) is -0.854. The number of alkyl halides is 3. The summed E-state index contributed by atoms with van der Waals surface area (Å²) in [6.07, 6.45) is -5.48. The molecule has 5 nitrogen and oxygen atoms in total. The van der Waals surface area contributed by atoms with E-state index in [1.807, 2.05) is 5.32 Å². The van der Waals surface area contributed by atoms with Crippen LogP contribution >= 0.6 is 0 Å². The van der Waals surface area contributed by atoms with Crippen LogP contribution in [0.25, 0.3) is 0 Å². The third kappa shape index (κ3) is 4.28. The molecule has 0 aliphatic heterocycles. The molecule has 0 aromatic carbocycles. The van der Waals surface area contributed by atoms with Crippen LogP contribution < -0.4 is 5.32 Å². The van der Waals surface area contributed by atoms with Crippen LogP contribution in [-0.2, 0) is 9.53 Å². The fraction of sp³-hybridized carbons (Fsp3) is 0.833. The Kier molecular flexibility index (Phi) is 4.26. The molecule has 1 saturated carbocycles. The highest BCUT2D eigenvalue weighted by Gasteiger charge is 2.64. The lowest BCUT2D eigenvalue weighted by molar-refractivity contribution is -0.170. The number of carbonyl (C=O) groups is 2. The van der Waals surface area contributed by atoms with Crippen LogP contribution in [0.5, 0.6) is 0 Å². The standard InChI is InChI=1S/C12H19F3N2O3/c1-10(2,3)20-9(19)17(4)7-8(18)16-11(5-6-11)12(13,14)15/h5-7H2,1-4H3,(H,16,18). The highest BCUT2D eigenvalue weighted by molar-refractivity contribution is 5.83. The van der Waals surface area contributed by atoms with Gasteiger partial charge in [0.1, 0.15) is 17.7 Å². The molecule has 1 fully saturated rings. The van der Waals surface area contributed by atoms with Crippen molar-refractivity contribution in [3.63, 3.8) is 0 Å². The van der Waals surface area contributed by atoms with E-state index in [1.54, 1.807) is 20.8 Å². The second kappa shape index (κ2) is 5.14. The Morgan fingerprint density at radius 1 is 1.25 bits per heavy atom. The maximum absolute atomic E-state index is 12.7. The van der Waals surface area contributed by atoms with Gasteiger partial charge in [0, 0.05) is 7.05 Å². The van der Waals surface area contributed by atoms with E-state index in [1.165, 1.54) is 7.05 Å². The van der Waals surface area contributed by atoms with E-state index in [4.69, 9.17) is 4.74 Å². The van der Waals surface area contributed by atoms with Crippen molar-refractivity contribution in [1.29, 1.82) is 0 Å². The first-order chi connectivity index (χ1) is 8.86. The predicted octanol–water partition coefficient (Wildman–Crippen LogP) is 2.06. The molecule has 0 spiro atoms. The van der Waals surface area contributed by atoms with E-state index >= 15 is 0 Å². The topological polar surface area (TPSA) is 58.6 Å². The van der Waals surface area contributed by atoms with Gasteiger partial charge >= 0.3 is 12.3 Å². The minimum atomic E-state index is -4.47. The SMILES string of the molecule is CN(CC(=O)NC1(C(F)(F)F)CC1)C(=O)OC(C)(C)C. The molecule has 1 aliphatic carbocycles. The summed E-state index contributed by atoms with van der Waals surface area (Å²) in [5, 5.41) is 1.94. The Bertz CT molecular complexity index is 398. The molecule has 0 aromatic rings. The van der Waals surface area contributed by atoms with Gasteiger partial charge in [-0.3, -0.25) is 4.79 Å². The van der Waals surface area contributed by atoms with Crippen LogP contribution in [0.1, 0.15) is 33.6 Å². The molecule has 0 atom stereocenters. The number of rotatable bonds is 3. The quantitative estimate of drug-likeness (QED) is 0.867. The van der Waals surface area contributed by atoms with Crippen molar-refractivity contribution in [3.05, 3.63) is 0 Å². The average molecular weight is 296 g/mol. The second-order valence-corrected chi connectivity index (χ2v) is 5.96. The molecule has 0 heterocycles. The van der Waals surface area contributed by atoms with Gasteiger partial charge in [0.2, 0.25) is 5.91 Å². The first kappa shape index (κ1) is 16.6. The van der Waals surface area contributed by atoms with Gasteiger partial charge < -0.3 is 15.0 Å². The summed E-state index contributed by atoms with van der Waals surface area (Å²) in [7, 11) is 1.29. The largest absolute Gasteiger partial charge is 0.444 e. The maximum atomic E-state index is 12.7. The van der Waals surface area contributed by atoms with E-state index < -0.39 is 35.9 Å². The zero-order valence-corrected chi connectivity index (χ0v) is 11.9. The number of ether oxygens (including phenoxy) is 1. The van der Waals surface area contributed by atoms with E-state index in [0.29, 0.717) is 0 Å². The number of carbonyl (C=O) groups excluding carboxylic acids is 2. The molecule has 8 heteroatoms. The Morgan fingerprint density at radius 2 is 1.75 bits per heavy atom. The summed E-state index contributed by atoms with van der Waals surface area (Å²) >= 11 is 0. The molecule has 0 bridgehead atoms. The molecule has 2 amide bonds. The molecule has 1 N–H and O–H groups in total. The van der Waals surface area contributed by atoms with Gasteiger partial charge in [0.15, 0.2) is 0 Å². The van der Waals surface area contributed by atoms with Crippen molar-refractivity contribution < 1.29 is 27.5 Å². The third-order valence-electron chi connectivity index (χ3n) is 2.76. The molecule has 20 heavy (non-hydrogen) atoms. The number of amides is 2. The Morgan fingerprint density at radius 3 is 2.10 bits per heavy atom. The summed E-state index contributed by atoms with van der Waals surface area (Å²) in [4.78, 5) is 24.1. The second-order valence-electron chi connectivity index (χ2n) is 5.96. The molecule has 116 valence electrons. The summed E-state index contributed by atoms with van der Waals surface area (Å²) in [6.45, 7) is 4.48. The van der Waals surface area contributed by atoms with Crippen molar-refractivity contribution >= 4 is 12.0 Å². The van der Waals surface area contributed by atoms with Gasteiger partial charge in [-0.2, -0.15) is 13.2 Å².